The van der Waals surface area contributed by atoms with Crippen LogP contribution in [0.15, 0.2) is 29.2 Å². The second kappa shape index (κ2) is 6.42. The predicted octanol–water partition coefficient (Wildman–Crippen LogP) is 1.92. The van der Waals surface area contributed by atoms with Crippen molar-refractivity contribution in [2.75, 3.05) is 13.1 Å². The van der Waals surface area contributed by atoms with Gasteiger partial charge in [-0.05, 0) is 37.1 Å². The number of rotatable bonds is 3. The number of carbonyl (C=O) groups is 2. The summed E-state index contributed by atoms with van der Waals surface area (Å²) in [6.07, 6.45) is 0.950. The first kappa shape index (κ1) is 18.2. The lowest BCUT2D eigenvalue weighted by molar-refractivity contribution is -0.143. The molecule has 1 aromatic rings. The Kier molecular flexibility index (Phi) is 4.88. The summed E-state index contributed by atoms with van der Waals surface area (Å²) in [5.41, 5.74) is -5.41. The molecule has 0 saturated carbocycles. The normalized spacial score (nSPS) is 19.1. The second-order valence-electron chi connectivity index (χ2n) is 5.40. The van der Waals surface area contributed by atoms with Crippen LogP contribution in [0, 0.1) is 5.92 Å². The van der Waals surface area contributed by atoms with Crippen molar-refractivity contribution in [3.63, 3.8) is 0 Å². The quantitative estimate of drug-likeness (QED) is 0.884. The number of carbonyl (C=O) groups excluding carboxylic acids is 1. The van der Waals surface area contributed by atoms with Crippen LogP contribution in [0.5, 0.6) is 0 Å². The number of aliphatic carboxylic acids is 1. The average molecular weight is 365 g/mol. The molecule has 2 rings (SSSR count). The van der Waals surface area contributed by atoms with Gasteiger partial charge in [0.25, 0.3) is 15.7 Å². The molecule has 1 saturated heterocycles. The van der Waals surface area contributed by atoms with Gasteiger partial charge in [-0.25, -0.2) is 8.42 Å². The molecule has 0 unspecified atom stereocenters. The lowest BCUT2D eigenvalue weighted by atomic mass is 9.97. The number of halogens is 3. The zero-order valence-electron chi connectivity index (χ0n) is 12.3. The first-order chi connectivity index (χ1) is 11.0. The molecule has 6 nitrogen and oxygen atoms in total. The number of alkyl halides is 3. The maximum absolute atomic E-state index is 12.5. The van der Waals surface area contributed by atoms with Crippen LogP contribution in [0.4, 0.5) is 13.2 Å². The van der Waals surface area contributed by atoms with E-state index in [4.69, 9.17) is 5.11 Å². The van der Waals surface area contributed by atoms with Crippen molar-refractivity contribution in [3.05, 3.63) is 29.8 Å². The van der Waals surface area contributed by atoms with E-state index in [1.54, 1.807) is 0 Å². The van der Waals surface area contributed by atoms with Crippen LogP contribution in [0.2, 0.25) is 0 Å². The number of amides is 1. The van der Waals surface area contributed by atoms with Gasteiger partial charge in [0, 0.05) is 18.7 Å². The maximum Gasteiger partial charge on any atom is 0.501 e. The Morgan fingerprint density at radius 1 is 1.17 bits per heavy atom. The standard InChI is InChI=1S/C14H14F3NO5S/c15-14(16,17)24(22,23)11-5-3-9(4-6-11)12(19)18-7-1-2-10(8-18)13(20)21/h3-6,10H,1-2,7-8H2,(H,20,21)/t10-/m1/s1. The first-order valence-corrected chi connectivity index (χ1v) is 8.46. The van der Waals surface area contributed by atoms with Gasteiger partial charge in [0.2, 0.25) is 0 Å². The summed E-state index contributed by atoms with van der Waals surface area (Å²) in [7, 11) is -5.47. The molecular weight excluding hydrogens is 351 g/mol. The number of carboxylic acid groups (broad SMARTS) is 1. The Bertz CT molecular complexity index is 743. The lowest BCUT2D eigenvalue weighted by Crippen LogP contribution is -2.42. The molecule has 0 bridgehead atoms. The van der Waals surface area contributed by atoms with Gasteiger partial charge in [-0.3, -0.25) is 9.59 Å². The minimum Gasteiger partial charge on any atom is -0.481 e. The van der Waals surface area contributed by atoms with Crippen LogP contribution in [-0.4, -0.2) is 48.9 Å². The highest BCUT2D eigenvalue weighted by atomic mass is 32.2. The van der Waals surface area contributed by atoms with Gasteiger partial charge in [0.15, 0.2) is 0 Å². The van der Waals surface area contributed by atoms with Crippen LogP contribution in [0.1, 0.15) is 23.2 Å². The van der Waals surface area contributed by atoms with Crippen molar-refractivity contribution >= 4 is 21.7 Å². The van der Waals surface area contributed by atoms with E-state index in [1.807, 2.05) is 0 Å². The maximum atomic E-state index is 12.5. The Morgan fingerprint density at radius 3 is 2.25 bits per heavy atom. The van der Waals surface area contributed by atoms with E-state index in [-0.39, 0.29) is 12.1 Å². The molecule has 1 fully saturated rings. The summed E-state index contributed by atoms with van der Waals surface area (Å²) < 4.78 is 59.9. The smallest absolute Gasteiger partial charge is 0.481 e. The van der Waals surface area contributed by atoms with Crippen LogP contribution >= 0.6 is 0 Å². The third-order valence-electron chi connectivity index (χ3n) is 3.77. The van der Waals surface area contributed by atoms with E-state index in [9.17, 15) is 31.2 Å². The number of hydrogen-bond acceptors (Lipinski definition) is 4. The number of nitrogens with zero attached hydrogens (tertiary/aromatic N) is 1. The third kappa shape index (κ3) is 3.53. The molecule has 132 valence electrons. The lowest BCUT2D eigenvalue weighted by Gasteiger charge is -2.30. The zero-order valence-corrected chi connectivity index (χ0v) is 13.1. The van der Waals surface area contributed by atoms with Gasteiger partial charge in [-0.15, -0.1) is 0 Å². The summed E-state index contributed by atoms with van der Waals surface area (Å²) in [5.74, 6) is -2.25. The minimum atomic E-state index is -5.47. The molecule has 0 radical (unpaired) electrons. The van der Waals surface area contributed by atoms with E-state index >= 15 is 0 Å². The Hall–Kier alpha value is -2.10. The number of sulfone groups is 1. The molecule has 1 aliphatic rings. The highest BCUT2D eigenvalue weighted by molar-refractivity contribution is 7.92. The summed E-state index contributed by atoms with van der Waals surface area (Å²) in [6.45, 7) is 0.349. The van der Waals surface area contributed by atoms with E-state index in [1.165, 1.54) is 4.90 Å². The van der Waals surface area contributed by atoms with Crippen LogP contribution in [0.3, 0.4) is 0 Å². The molecule has 0 aliphatic carbocycles. The molecule has 1 heterocycles. The van der Waals surface area contributed by atoms with Crippen molar-refractivity contribution in [2.24, 2.45) is 5.92 Å². The Balaban J connectivity index is 2.19. The largest absolute Gasteiger partial charge is 0.501 e. The fourth-order valence-electron chi connectivity index (χ4n) is 2.46. The van der Waals surface area contributed by atoms with Gasteiger partial charge in [-0.1, -0.05) is 0 Å². The van der Waals surface area contributed by atoms with Crippen LogP contribution < -0.4 is 0 Å². The number of likely N-dealkylation sites (tertiary alicyclic amines) is 1. The molecule has 0 aromatic heterocycles. The summed E-state index contributed by atoms with van der Waals surface area (Å²) in [4.78, 5) is 23.6. The number of hydrogen-bond donors (Lipinski definition) is 1. The van der Waals surface area contributed by atoms with Crippen molar-refractivity contribution < 1.29 is 36.3 Å². The second-order valence-corrected chi connectivity index (χ2v) is 7.34. The molecule has 10 heteroatoms. The molecule has 24 heavy (non-hydrogen) atoms. The van der Waals surface area contributed by atoms with E-state index in [2.05, 4.69) is 0 Å². The molecule has 1 atom stereocenters. The molecule has 1 amide bonds. The van der Waals surface area contributed by atoms with Crippen molar-refractivity contribution in [1.82, 2.24) is 4.90 Å². The minimum absolute atomic E-state index is 0.00200. The first-order valence-electron chi connectivity index (χ1n) is 6.97. The topological polar surface area (TPSA) is 91.8 Å². The predicted molar refractivity (Wildman–Crippen MR) is 75.9 cm³/mol. The fourth-order valence-corrected chi connectivity index (χ4v) is 3.22. The third-order valence-corrected chi connectivity index (χ3v) is 5.28. The number of benzene rings is 1. The Labute approximate surface area is 135 Å². The van der Waals surface area contributed by atoms with Crippen molar-refractivity contribution in [3.8, 4) is 0 Å². The van der Waals surface area contributed by atoms with E-state index in [0.717, 1.165) is 12.1 Å². The highest BCUT2D eigenvalue weighted by Gasteiger charge is 2.46. The van der Waals surface area contributed by atoms with Crippen molar-refractivity contribution in [2.45, 2.75) is 23.2 Å². The van der Waals surface area contributed by atoms with Crippen molar-refractivity contribution in [1.29, 1.82) is 0 Å². The van der Waals surface area contributed by atoms with Gasteiger partial charge in [-0.2, -0.15) is 13.2 Å². The summed E-state index contributed by atoms with van der Waals surface area (Å²) >= 11 is 0. The average Bonchev–Trinajstić information content (AvgIpc) is 2.53. The van der Waals surface area contributed by atoms with Gasteiger partial charge < -0.3 is 10.0 Å². The molecule has 1 aromatic carbocycles. The molecule has 1 aliphatic heterocycles. The monoisotopic (exact) mass is 365 g/mol. The molecule has 1 N–H and O–H groups in total. The SMILES string of the molecule is O=C(O)[C@@H]1CCCN(C(=O)c2ccc(S(=O)(=O)C(F)(F)F)cc2)C1. The van der Waals surface area contributed by atoms with Crippen LogP contribution in [0.25, 0.3) is 0 Å². The van der Waals surface area contributed by atoms with Gasteiger partial charge in [0.05, 0.1) is 10.8 Å². The summed E-state index contributed by atoms with van der Waals surface area (Å²) in [5, 5.41) is 9.00. The van der Waals surface area contributed by atoms with Crippen LogP contribution in [-0.2, 0) is 14.6 Å². The number of piperidine rings is 1. The highest BCUT2D eigenvalue weighted by Crippen LogP contribution is 2.30. The Morgan fingerprint density at radius 2 is 1.75 bits per heavy atom. The fraction of sp³-hybridized carbons (Fsp3) is 0.429. The summed E-state index contributed by atoms with van der Waals surface area (Å²) in [6, 6.07) is 3.42. The zero-order chi connectivity index (χ0) is 18.1. The van der Waals surface area contributed by atoms with E-state index in [0.29, 0.717) is 31.5 Å². The van der Waals surface area contributed by atoms with Gasteiger partial charge >= 0.3 is 11.5 Å². The molecule has 0 spiro atoms. The van der Waals surface area contributed by atoms with E-state index < -0.39 is 38.0 Å². The number of carboxylic acids is 1. The molecular formula is C14H14F3NO5S. The van der Waals surface area contributed by atoms with Gasteiger partial charge in [0.1, 0.15) is 0 Å².